The monoisotopic (exact) mass is 490 g/mol. The summed E-state index contributed by atoms with van der Waals surface area (Å²) >= 11 is 1.47. The lowest BCUT2D eigenvalue weighted by Crippen LogP contribution is -2.39. The maximum atomic E-state index is 13.6. The van der Waals surface area contributed by atoms with Crippen LogP contribution >= 0.6 is 11.8 Å². The number of aliphatic imine (C=N–C) groups is 1. The third-order valence-corrected chi connectivity index (χ3v) is 6.62. The molecule has 2 N–H and O–H groups in total. The highest BCUT2D eigenvalue weighted by Crippen LogP contribution is 2.45. The van der Waals surface area contributed by atoms with Crippen molar-refractivity contribution in [2.45, 2.75) is 33.2 Å². The predicted octanol–water partition coefficient (Wildman–Crippen LogP) is 5.07. The zero-order valence-corrected chi connectivity index (χ0v) is 21.2. The summed E-state index contributed by atoms with van der Waals surface area (Å²) in [7, 11) is 1.62. The number of carbonyl (C=O) groups excluding carboxylic acids is 2. The van der Waals surface area contributed by atoms with Gasteiger partial charge in [-0.3, -0.25) is 9.59 Å². The zero-order valence-electron chi connectivity index (χ0n) is 20.4. The zero-order chi connectivity index (χ0) is 24.9. The maximum Gasteiger partial charge on any atom is 0.255 e. The SMILES string of the molecule is COc1cccc([C@@H]2C(C(=O)Nc3ccccc3)=C(C)N=C3SC=C(CC(=O)NCC(C)C)N32)c1. The molecule has 182 valence electrons. The Morgan fingerprint density at radius 2 is 1.91 bits per heavy atom. The fourth-order valence-corrected chi connectivity index (χ4v) is 5.02. The number of benzene rings is 2. The molecule has 4 rings (SSSR count). The van der Waals surface area contributed by atoms with Crippen molar-refractivity contribution >= 4 is 34.4 Å². The lowest BCUT2D eigenvalue weighted by molar-refractivity contribution is -0.120. The molecule has 35 heavy (non-hydrogen) atoms. The molecule has 0 spiro atoms. The van der Waals surface area contributed by atoms with Crippen molar-refractivity contribution in [3.05, 3.63) is 82.5 Å². The lowest BCUT2D eigenvalue weighted by Gasteiger charge is -2.36. The number of thioether (sulfide) groups is 1. The topological polar surface area (TPSA) is 83.0 Å². The van der Waals surface area contributed by atoms with E-state index in [1.165, 1.54) is 11.8 Å². The second-order valence-corrected chi connectivity index (χ2v) is 9.70. The molecular weight excluding hydrogens is 460 g/mol. The van der Waals surface area contributed by atoms with Crippen LogP contribution in [-0.2, 0) is 9.59 Å². The summed E-state index contributed by atoms with van der Waals surface area (Å²) in [5.74, 6) is 0.767. The van der Waals surface area contributed by atoms with Crippen LogP contribution in [0.1, 0.15) is 38.8 Å². The van der Waals surface area contributed by atoms with Crippen molar-refractivity contribution < 1.29 is 14.3 Å². The first-order valence-corrected chi connectivity index (χ1v) is 12.5. The van der Waals surface area contributed by atoms with Crippen molar-refractivity contribution in [3.63, 3.8) is 0 Å². The van der Waals surface area contributed by atoms with Gasteiger partial charge in [0.1, 0.15) is 5.75 Å². The number of para-hydroxylation sites is 1. The van der Waals surface area contributed by atoms with E-state index in [2.05, 4.69) is 24.5 Å². The summed E-state index contributed by atoms with van der Waals surface area (Å²) in [4.78, 5) is 33.1. The molecule has 2 aromatic rings. The van der Waals surface area contributed by atoms with Crippen LogP contribution < -0.4 is 15.4 Å². The molecule has 1 atom stereocenters. The van der Waals surface area contributed by atoms with E-state index in [0.717, 1.165) is 16.4 Å². The van der Waals surface area contributed by atoms with E-state index in [9.17, 15) is 9.59 Å². The highest BCUT2D eigenvalue weighted by molar-refractivity contribution is 8.16. The smallest absolute Gasteiger partial charge is 0.255 e. The molecule has 2 heterocycles. The third kappa shape index (κ3) is 5.59. The van der Waals surface area contributed by atoms with Gasteiger partial charge < -0.3 is 20.3 Å². The minimum absolute atomic E-state index is 0.0576. The standard InChI is InChI=1S/C27H30N4O3S/c1-17(2)15-28-23(32)14-21-16-35-27-29-18(3)24(26(33)30-20-10-6-5-7-11-20)25(31(21)27)19-9-8-12-22(13-19)34-4/h5-13,16-17,25H,14-15H2,1-4H3,(H,28,32)(H,30,33)/t25-/m1/s1. The number of fused-ring (bicyclic) bond motifs is 1. The van der Waals surface area contributed by atoms with Gasteiger partial charge in [-0.05, 0) is 48.1 Å². The Morgan fingerprint density at radius 1 is 1.14 bits per heavy atom. The predicted molar refractivity (Wildman–Crippen MR) is 141 cm³/mol. The molecule has 2 aromatic carbocycles. The van der Waals surface area contributed by atoms with Gasteiger partial charge in [0.05, 0.1) is 30.8 Å². The summed E-state index contributed by atoms with van der Waals surface area (Å²) in [6, 6.07) is 16.6. The van der Waals surface area contributed by atoms with Crippen LogP contribution in [0, 0.1) is 5.92 Å². The van der Waals surface area contributed by atoms with E-state index in [1.54, 1.807) is 7.11 Å². The number of hydrogen-bond donors (Lipinski definition) is 2. The van der Waals surface area contributed by atoms with Crippen molar-refractivity contribution in [2.75, 3.05) is 19.0 Å². The number of allylic oxidation sites excluding steroid dienone is 1. The molecule has 2 aliphatic heterocycles. The van der Waals surface area contributed by atoms with Gasteiger partial charge in [-0.15, -0.1) is 0 Å². The maximum absolute atomic E-state index is 13.6. The molecule has 0 bridgehead atoms. The number of anilines is 1. The molecule has 0 radical (unpaired) electrons. The molecule has 0 saturated carbocycles. The highest BCUT2D eigenvalue weighted by Gasteiger charge is 2.40. The number of amides is 2. The van der Waals surface area contributed by atoms with Crippen LogP contribution in [0.5, 0.6) is 5.75 Å². The van der Waals surface area contributed by atoms with Gasteiger partial charge in [0.25, 0.3) is 5.91 Å². The second kappa shape index (κ2) is 10.8. The number of carbonyl (C=O) groups is 2. The van der Waals surface area contributed by atoms with E-state index in [1.807, 2.05) is 71.8 Å². The number of rotatable bonds is 8. The van der Waals surface area contributed by atoms with Crippen LogP contribution in [0.3, 0.4) is 0 Å². The molecule has 2 amide bonds. The van der Waals surface area contributed by atoms with Gasteiger partial charge in [-0.25, -0.2) is 4.99 Å². The number of ether oxygens (including phenoxy) is 1. The van der Waals surface area contributed by atoms with Crippen molar-refractivity contribution in [1.29, 1.82) is 0 Å². The van der Waals surface area contributed by atoms with Crippen LogP contribution in [0.4, 0.5) is 5.69 Å². The number of nitrogens with zero attached hydrogens (tertiary/aromatic N) is 2. The Morgan fingerprint density at radius 3 is 2.63 bits per heavy atom. The second-order valence-electron chi connectivity index (χ2n) is 8.86. The first-order chi connectivity index (χ1) is 16.9. The van der Waals surface area contributed by atoms with Crippen molar-refractivity contribution in [3.8, 4) is 5.75 Å². The first kappa shape index (κ1) is 24.6. The van der Waals surface area contributed by atoms with E-state index >= 15 is 0 Å². The van der Waals surface area contributed by atoms with Crippen LogP contribution in [-0.4, -0.2) is 35.5 Å². The van der Waals surface area contributed by atoms with E-state index in [-0.39, 0.29) is 18.2 Å². The highest BCUT2D eigenvalue weighted by atomic mass is 32.2. The number of amidine groups is 1. The summed E-state index contributed by atoms with van der Waals surface area (Å²) in [6.45, 7) is 6.59. The summed E-state index contributed by atoms with van der Waals surface area (Å²) in [6.07, 6.45) is 0.200. The molecule has 0 unspecified atom stereocenters. The number of methoxy groups -OCH3 is 1. The minimum Gasteiger partial charge on any atom is -0.497 e. The average molecular weight is 491 g/mol. The Bertz CT molecular complexity index is 1200. The summed E-state index contributed by atoms with van der Waals surface area (Å²) < 4.78 is 5.47. The fourth-order valence-electron chi connectivity index (χ4n) is 4.05. The third-order valence-electron chi connectivity index (χ3n) is 5.74. The molecular formula is C27H30N4O3S. The van der Waals surface area contributed by atoms with Gasteiger partial charge >= 0.3 is 0 Å². The normalized spacial score (nSPS) is 17.1. The Balaban J connectivity index is 1.71. The molecule has 0 aliphatic carbocycles. The Kier molecular flexibility index (Phi) is 7.60. The summed E-state index contributed by atoms with van der Waals surface area (Å²) in [5, 5.41) is 8.69. The molecule has 0 saturated heterocycles. The Labute approximate surface area is 210 Å². The Hall–Kier alpha value is -3.52. The van der Waals surface area contributed by atoms with Gasteiger partial charge in [0.2, 0.25) is 5.91 Å². The average Bonchev–Trinajstić information content (AvgIpc) is 3.24. The fraction of sp³-hybridized carbons (Fsp3) is 0.296. The van der Waals surface area contributed by atoms with Gasteiger partial charge in [0.15, 0.2) is 5.17 Å². The molecule has 2 aliphatic rings. The number of nitrogens with one attached hydrogen (secondary N) is 2. The van der Waals surface area contributed by atoms with Crippen molar-refractivity contribution in [1.82, 2.24) is 10.2 Å². The summed E-state index contributed by atoms with van der Waals surface area (Å²) in [5.41, 5.74) is 3.56. The van der Waals surface area contributed by atoms with Crippen LogP contribution in [0.15, 0.2) is 82.0 Å². The van der Waals surface area contributed by atoms with Crippen molar-refractivity contribution in [2.24, 2.45) is 10.9 Å². The van der Waals surface area contributed by atoms with E-state index in [4.69, 9.17) is 9.73 Å². The first-order valence-electron chi connectivity index (χ1n) is 11.6. The molecule has 7 nitrogen and oxygen atoms in total. The van der Waals surface area contributed by atoms with Crippen LogP contribution in [0.2, 0.25) is 0 Å². The lowest BCUT2D eigenvalue weighted by atomic mass is 9.93. The molecule has 0 aromatic heterocycles. The molecule has 0 fully saturated rings. The number of hydrogen-bond acceptors (Lipinski definition) is 6. The minimum atomic E-state index is -0.458. The van der Waals surface area contributed by atoms with Gasteiger partial charge in [0, 0.05) is 17.9 Å². The molecule has 8 heteroatoms. The van der Waals surface area contributed by atoms with E-state index in [0.29, 0.717) is 35.2 Å². The van der Waals surface area contributed by atoms with Gasteiger partial charge in [-0.1, -0.05) is 55.9 Å². The quantitative estimate of drug-likeness (QED) is 0.540. The van der Waals surface area contributed by atoms with Crippen LogP contribution in [0.25, 0.3) is 0 Å². The largest absolute Gasteiger partial charge is 0.497 e. The van der Waals surface area contributed by atoms with E-state index < -0.39 is 6.04 Å². The van der Waals surface area contributed by atoms with Gasteiger partial charge in [-0.2, -0.15) is 0 Å².